The van der Waals surface area contributed by atoms with Crippen LogP contribution in [0.5, 0.6) is 0 Å². The first-order valence-corrected chi connectivity index (χ1v) is 9.25. The van der Waals surface area contributed by atoms with Crippen molar-refractivity contribution in [2.24, 2.45) is 0 Å². The zero-order valence-electron chi connectivity index (χ0n) is 14.6. The minimum Gasteiger partial charge on any atom is -0.349 e. The number of anilines is 1. The van der Waals surface area contributed by atoms with Crippen molar-refractivity contribution in [1.29, 1.82) is 0 Å². The Balaban J connectivity index is 1.90. The summed E-state index contributed by atoms with van der Waals surface area (Å²) in [6.07, 6.45) is 3.53. The molecule has 0 unspecified atom stereocenters. The van der Waals surface area contributed by atoms with Gasteiger partial charge in [-0.3, -0.25) is 0 Å². The highest BCUT2D eigenvalue weighted by Crippen LogP contribution is 2.24. The Hall–Kier alpha value is -0.840. The zero-order chi connectivity index (χ0) is 17.0. The van der Waals surface area contributed by atoms with Crippen LogP contribution in [0.25, 0.3) is 0 Å². The van der Waals surface area contributed by atoms with Crippen molar-refractivity contribution in [3.63, 3.8) is 0 Å². The predicted octanol–water partition coefficient (Wildman–Crippen LogP) is 4.54. The maximum Gasteiger partial charge on any atom is 0.173 e. The van der Waals surface area contributed by atoms with E-state index in [0.29, 0.717) is 12.1 Å². The number of benzene rings is 1. The third-order valence-corrected chi connectivity index (χ3v) is 5.89. The highest BCUT2D eigenvalue weighted by Gasteiger charge is 2.25. The fraction of sp³-hybridized carbons (Fsp3) is 0.611. The van der Waals surface area contributed by atoms with Gasteiger partial charge in [0.15, 0.2) is 5.11 Å². The number of rotatable bonds is 4. The molecule has 0 radical (unpaired) electrons. The molecule has 2 rings (SSSR count). The highest BCUT2D eigenvalue weighted by atomic mass is 35.5. The van der Waals surface area contributed by atoms with Gasteiger partial charge in [-0.05, 0) is 70.1 Å². The molecular formula is C18H28ClN3S. The summed E-state index contributed by atoms with van der Waals surface area (Å²) >= 11 is 11.8. The van der Waals surface area contributed by atoms with Crippen LogP contribution in [-0.2, 0) is 0 Å². The molecule has 5 heteroatoms. The molecule has 0 aliphatic carbocycles. The van der Waals surface area contributed by atoms with E-state index in [-0.39, 0.29) is 0 Å². The normalized spacial score (nSPS) is 17.4. The van der Waals surface area contributed by atoms with Crippen molar-refractivity contribution in [1.82, 2.24) is 9.80 Å². The zero-order valence-corrected chi connectivity index (χ0v) is 16.2. The van der Waals surface area contributed by atoms with Gasteiger partial charge in [-0.1, -0.05) is 24.6 Å². The number of nitrogens with one attached hydrogen (secondary N) is 1. The Bertz CT molecular complexity index is 541. The Morgan fingerprint density at radius 3 is 2.70 bits per heavy atom. The lowest BCUT2D eigenvalue weighted by Gasteiger charge is -2.40. The molecule has 1 fully saturated rings. The maximum absolute atomic E-state index is 6.18. The third kappa shape index (κ3) is 4.59. The van der Waals surface area contributed by atoms with Crippen LogP contribution < -0.4 is 5.32 Å². The molecule has 0 spiro atoms. The Morgan fingerprint density at radius 1 is 1.43 bits per heavy atom. The van der Waals surface area contributed by atoms with E-state index in [1.807, 2.05) is 25.1 Å². The summed E-state index contributed by atoms with van der Waals surface area (Å²) in [5.41, 5.74) is 2.05. The third-order valence-electron chi connectivity index (χ3n) is 5.12. The van der Waals surface area contributed by atoms with Crippen molar-refractivity contribution < 1.29 is 0 Å². The van der Waals surface area contributed by atoms with Crippen LogP contribution in [0, 0.1) is 6.92 Å². The van der Waals surface area contributed by atoms with Crippen molar-refractivity contribution in [2.75, 3.05) is 25.5 Å². The van der Waals surface area contributed by atoms with E-state index in [1.54, 1.807) is 0 Å². The number of hydrogen-bond donors (Lipinski definition) is 1. The summed E-state index contributed by atoms with van der Waals surface area (Å²) in [6.45, 7) is 8.59. The molecular weight excluding hydrogens is 326 g/mol. The molecule has 1 saturated heterocycles. The molecule has 0 saturated carbocycles. The Labute approximate surface area is 151 Å². The van der Waals surface area contributed by atoms with Crippen LogP contribution in [-0.4, -0.2) is 47.1 Å². The summed E-state index contributed by atoms with van der Waals surface area (Å²) < 4.78 is 0. The summed E-state index contributed by atoms with van der Waals surface area (Å²) in [5, 5.41) is 4.93. The van der Waals surface area contributed by atoms with E-state index in [9.17, 15) is 0 Å². The molecule has 23 heavy (non-hydrogen) atoms. The molecule has 0 amide bonds. The molecule has 1 aromatic rings. The van der Waals surface area contributed by atoms with Gasteiger partial charge in [-0.25, -0.2) is 0 Å². The molecule has 3 nitrogen and oxygen atoms in total. The van der Waals surface area contributed by atoms with Gasteiger partial charge < -0.3 is 15.1 Å². The monoisotopic (exact) mass is 353 g/mol. The SMILES string of the molecule is CC[C@@H](C)N(C)C1CCN(C(=S)Nc2cccc(Cl)c2C)CC1. The molecule has 1 N–H and O–H groups in total. The smallest absolute Gasteiger partial charge is 0.173 e. The second-order valence-corrected chi connectivity index (χ2v) is 7.28. The molecule has 1 aliphatic heterocycles. The number of likely N-dealkylation sites (tertiary alicyclic amines) is 1. The van der Waals surface area contributed by atoms with Crippen LogP contribution in [0.2, 0.25) is 5.02 Å². The number of hydrogen-bond acceptors (Lipinski definition) is 2. The van der Waals surface area contributed by atoms with E-state index in [1.165, 1.54) is 6.42 Å². The standard InChI is InChI=1S/C18H28ClN3S/c1-5-13(2)21(4)15-9-11-22(12-10-15)18(23)20-17-8-6-7-16(19)14(17)3/h6-8,13,15H,5,9-12H2,1-4H3,(H,20,23)/t13-/m1/s1. The summed E-state index contributed by atoms with van der Waals surface area (Å²) in [7, 11) is 2.25. The number of piperidine rings is 1. The minimum atomic E-state index is 0.644. The lowest BCUT2D eigenvalue weighted by molar-refractivity contribution is 0.126. The molecule has 128 valence electrons. The topological polar surface area (TPSA) is 18.5 Å². The average molecular weight is 354 g/mol. The molecule has 0 bridgehead atoms. The molecule has 1 aliphatic rings. The summed E-state index contributed by atoms with van der Waals surface area (Å²) in [5.74, 6) is 0. The van der Waals surface area contributed by atoms with Gasteiger partial charge >= 0.3 is 0 Å². The maximum atomic E-state index is 6.18. The predicted molar refractivity (Wildman–Crippen MR) is 105 cm³/mol. The second kappa shape index (κ2) is 8.32. The average Bonchev–Trinajstić information content (AvgIpc) is 2.57. The van der Waals surface area contributed by atoms with Gasteiger partial charge in [0.1, 0.15) is 0 Å². The van der Waals surface area contributed by atoms with E-state index >= 15 is 0 Å². The number of nitrogens with zero attached hydrogens (tertiary/aromatic N) is 2. The van der Waals surface area contributed by atoms with Crippen molar-refractivity contribution >= 4 is 34.6 Å². The fourth-order valence-corrected chi connectivity index (χ4v) is 3.53. The fourth-order valence-electron chi connectivity index (χ4n) is 3.06. The molecule has 1 heterocycles. The van der Waals surface area contributed by atoms with E-state index in [0.717, 1.165) is 47.3 Å². The van der Waals surface area contributed by atoms with Crippen molar-refractivity contribution in [2.45, 2.75) is 52.1 Å². The van der Waals surface area contributed by atoms with E-state index in [2.05, 4.69) is 36.0 Å². The van der Waals surface area contributed by atoms with Gasteiger partial charge in [-0.15, -0.1) is 0 Å². The van der Waals surface area contributed by atoms with Crippen LogP contribution in [0.15, 0.2) is 18.2 Å². The van der Waals surface area contributed by atoms with Crippen LogP contribution >= 0.6 is 23.8 Å². The largest absolute Gasteiger partial charge is 0.349 e. The first-order valence-electron chi connectivity index (χ1n) is 8.47. The number of thiocarbonyl (C=S) groups is 1. The minimum absolute atomic E-state index is 0.644. The lowest BCUT2D eigenvalue weighted by Crippen LogP contribution is -2.48. The van der Waals surface area contributed by atoms with Crippen LogP contribution in [0.3, 0.4) is 0 Å². The molecule has 1 aromatic carbocycles. The van der Waals surface area contributed by atoms with E-state index in [4.69, 9.17) is 23.8 Å². The highest BCUT2D eigenvalue weighted by molar-refractivity contribution is 7.80. The second-order valence-electron chi connectivity index (χ2n) is 6.48. The first kappa shape index (κ1) is 18.5. The Kier molecular flexibility index (Phi) is 6.69. The van der Waals surface area contributed by atoms with Crippen molar-refractivity contribution in [3.8, 4) is 0 Å². The number of halogens is 1. The summed E-state index contributed by atoms with van der Waals surface area (Å²) in [6, 6.07) is 7.19. The van der Waals surface area contributed by atoms with Gasteiger partial charge in [-0.2, -0.15) is 0 Å². The summed E-state index contributed by atoms with van der Waals surface area (Å²) in [4.78, 5) is 4.80. The quantitative estimate of drug-likeness (QED) is 0.800. The van der Waals surface area contributed by atoms with Gasteiger partial charge in [0.25, 0.3) is 0 Å². The van der Waals surface area contributed by atoms with Crippen LogP contribution in [0.1, 0.15) is 38.7 Å². The van der Waals surface area contributed by atoms with Gasteiger partial charge in [0.05, 0.1) is 0 Å². The lowest BCUT2D eigenvalue weighted by atomic mass is 10.0. The Morgan fingerprint density at radius 2 is 2.09 bits per heavy atom. The van der Waals surface area contributed by atoms with Gasteiger partial charge in [0.2, 0.25) is 0 Å². The van der Waals surface area contributed by atoms with E-state index < -0.39 is 0 Å². The van der Waals surface area contributed by atoms with Crippen molar-refractivity contribution in [3.05, 3.63) is 28.8 Å². The first-order chi connectivity index (χ1) is 10.9. The van der Waals surface area contributed by atoms with Crippen LogP contribution in [0.4, 0.5) is 5.69 Å². The van der Waals surface area contributed by atoms with Gasteiger partial charge in [0, 0.05) is 35.9 Å². The molecule has 1 atom stereocenters. The molecule has 0 aromatic heterocycles.